The summed E-state index contributed by atoms with van der Waals surface area (Å²) < 4.78 is 40.3. The first-order valence-electron chi connectivity index (χ1n) is 15.9. The predicted molar refractivity (Wildman–Crippen MR) is 188 cm³/mol. The smallest absolute Gasteiger partial charge is 0.261 e. The van der Waals surface area contributed by atoms with E-state index in [1.54, 1.807) is 31.3 Å². The molecule has 0 radical (unpaired) electrons. The minimum atomic E-state index is -4.06. The van der Waals surface area contributed by atoms with E-state index in [0.717, 1.165) is 35.5 Å². The number of anilines is 2. The highest BCUT2D eigenvalue weighted by Gasteiger charge is 2.23. The van der Waals surface area contributed by atoms with Crippen molar-refractivity contribution >= 4 is 21.4 Å². The van der Waals surface area contributed by atoms with Crippen molar-refractivity contribution in [1.29, 1.82) is 0 Å². The summed E-state index contributed by atoms with van der Waals surface area (Å²) in [6.45, 7) is 6.15. The van der Waals surface area contributed by atoms with E-state index in [1.807, 2.05) is 43.4 Å². The van der Waals surface area contributed by atoms with Gasteiger partial charge >= 0.3 is 0 Å². The zero-order valence-corrected chi connectivity index (χ0v) is 29.1. The lowest BCUT2D eigenvalue weighted by molar-refractivity contribution is 0.166. The van der Waals surface area contributed by atoms with Crippen LogP contribution in [-0.4, -0.2) is 72.2 Å². The van der Waals surface area contributed by atoms with Crippen LogP contribution in [0.2, 0.25) is 0 Å². The van der Waals surface area contributed by atoms with Gasteiger partial charge in [-0.05, 0) is 65.9 Å². The third-order valence-corrected chi connectivity index (χ3v) is 9.19. The van der Waals surface area contributed by atoms with Gasteiger partial charge in [-0.15, -0.1) is 0 Å². The van der Waals surface area contributed by atoms with Crippen LogP contribution in [0.3, 0.4) is 0 Å². The third-order valence-electron chi connectivity index (χ3n) is 7.90. The summed E-state index contributed by atoms with van der Waals surface area (Å²) in [4.78, 5) is 12.9. The molecule has 1 atom stereocenters. The van der Waals surface area contributed by atoms with Gasteiger partial charge in [-0.1, -0.05) is 43.3 Å². The molecule has 0 amide bonds. The van der Waals surface area contributed by atoms with Crippen LogP contribution in [-0.2, 0) is 23.6 Å². The Morgan fingerprint density at radius 1 is 1.00 bits per heavy atom. The van der Waals surface area contributed by atoms with Gasteiger partial charge in [0, 0.05) is 51.6 Å². The number of hydrogen-bond donors (Lipinski definition) is 3. The van der Waals surface area contributed by atoms with Crippen molar-refractivity contribution in [1.82, 2.24) is 24.4 Å². The van der Waals surface area contributed by atoms with Crippen LogP contribution < -0.4 is 19.3 Å². The van der Waals surface area contributed by atoms with Crippen LogP contribution in [0.15, 0.2) is 88.8 Å². The van der Waals surface area contributed by atoms with Gasteiger partial charge < -0.3 is 33.8 Å². The molecule has 0 fully saturated rings. The van der Waals surface area contributed by atoms with E-state index in [2.05, 4.69) is 56.6 Å². The molecule has 3 aromatic carbocycles. The number of hydrogen-bond acceptors (Lipinski definition) is 11. The summed E-state index contributed by atoms with van der Waals surface area (Å²) in [6.07, 6.45) is 2.23. The van der Waals surface area contributed by atoms with E-state index in [9.17, 15) is 13.5 Å². The molecule has 0 aliphatic heterocycles. The number of benzene rings is 3. The van der Waals surface area contributed by atoms with Gasteiger partial charge in [-0.25, -0.2) is 13.4 Å². The monoisotopic (exact) mass is 689 g/mol. The topological polar surface area (TPSA) is 159 Å². The molecular formula is C35H43N7O6S. The second-order valence-electron chi connectivity index (χ2n) is 12.3. The molecule has 0 spiro atoms. The number of aromatic nitrogens is 4. The molecule has 5 aromatic rings. The van der Waals surface area contributed by atoms with Crippen molar-refractivity contribution in [2.24, 2.45) is 13.0 Å². The molecule has 0 aliphatic carbocycles. The van der Waals surface area contributed by atoms with Crippen molar-refractivity contribution in [2.45, 2.75) is 38.1 Å². The number of nitrogens with one attached hydrogen (secondary N) is 1. The van der Waals surface area contributed by atoms with Gasteiger partial charge in [0.05, 0.1) is 24.3 Å². The largest absolute Gasteiger partial charge is 0.491 e. The van der Waals surface area contributed by atoms with Gasteiger partial charge in [0.15, 0.2) is 5.03 Å². The summed E-state index contributed by atoms with van der Waals surface area (Å²) in [5, 5.41) is 23.8. The van der Waals surface area contributed by atoms with E-state index in [0.29, 0.717) is 35.2 Å². The zero-order valence-electron chi connectivity index (χ0n) is 28.3. The molecule has 0 aliphatic rings. The van der Waals surface area contributed by atoms with Gasteiger partial charge in [-0.3, -0.25) is 0 Å². The molecule has 49 heavy (non-hydrogen) atoms. The molecule has 0 unspecified atom stereocenters. The molecule has 260 valence electrons. The summed E-state index contributed by atoms with van der Waals surface area (Å²) in [7, 11) is 1.73. The molecule has 3 N–H and O–H groups in total. The molecular weight excluding hydrogens is 646 g/mol. The third kappa shape index (κ3) is 9.03. The lowest BCUT2D eigenvalue weighted by Crippen LogP contribution is -2.28. The fourth-order valence-corrected chi connectivity index (χ4v) is 6.22. The van der Waals surface area contributed by atoms with E-state index in [-0.39, 0.29) is 24.1 Å². The Kier molecular flexibility index (Phi) is 11.3. The normalized spacial score (nSPS) is 12.3. The minimum absolute atomic E-state index is 0.0392. The molecule has 0 saturated heterocycles. The standard InChI is InChI=1S/C35H43N7O6S/c1-24(2)15-16-41(4)30-14-11-26(20-31(30)42(5)21-25-9-12-29(13-10-25)47-18-17-43)33-37-35(48-38-33)28-8-6-7-27(19-28)34(44)39-49(45,46)32-22-40(3)23-36-32/h6-14,19-20,22-24,34,39,43-44H,15-18,21H2,1-5H3/t34-/m0/s1. The van der Waals surface area contributed by atoms with E-state index >= 15 is 0 Å². The fourth-order valence-electron chi connectivity index (χ4n) is 5.18. The first-order chi connectivity index (χ1) is 23.4. The molecule has 14 heteroatoms. The Balaban J connectivity index is 1.38. The van der Waals surface area contributed by atoms with Crippen molar-refractivity contribution in [3.63, 3.8) is 0 Å². The number of aryl methyl sites for hydroxylation is 1. The highest BCUT2D eigenvalue weighted by molar-refractivity contribution is 7.89. The van der Waals surface area contributed by atoms with Crippen LogP contribution in [0.5, 0.6) is 5.75 Å². The number of ether oxygens (including phenoxy) is 1. The molecule has 2 aromatic heterocycles. The zero-order chi connectivity index (χ0) is 35.1. The molecule has 0 saturated carbocycles. The second-order valence-corrected chi connectivity index (χ2v) is 14.0. The summed E-state index contributed by atoms with van der Waals surface area (Å²) >= 11 is 0. The van der Waals surface area contributed by atoms with Crippen molar-refractivity contribution in [3.8, 4) is 28.6 Å². The van der Waals surface area contributed by atoms with Crippen molar-refractivity contribution in [3.05, 3.63) is 90.4 Å². The number of rotatable bonds is 16. The number of aliphatic hydroxyl groups excluding tert-OH is 2. The van der Waals surface area contributed by atoms with Crippen LogP contribution >= 0.6 is 0 Å². The maximum Gasteiger partial charge on any atom is 0.261 e. The summed E-state index contributed by atoms with van der Waals surface area (Å²) in [5.74, 6) is 1.87. The van der Waals surface area contributed by atoms with Crippen LogP contribution in [0.1, 0.15) is 37.6 Å². The van der Waals surface area contributed by atoms with E-state index in [1.165, 1.54) is 17.1 Å². The summed E-state index contributed by atoms with van der Waals surface area (Å²) in [6, 6.07) is 20.5. The Morgan fingerprint density at radius 2 is 1.78 bits per heavy atom. The first-order valence-corrected chi connectivity index (χ1v) is 17.4. The highest BCUT2D eigenvalue weighted by Crippen LogP contribution is 2.35. The average molecular weight is 690 g/mol. The van der Waals surface area contributed by atoms with Crippen molar-refractivity contribution < 1.29 is 27.9 Å². The Bertz CT molecular complexity index is 1940. The maximum atomic E-state index is 12.7. The predicted octanol–water partition coefficient (Wildman–Crippen LogP) is 4.60. The van der Waals surface area contributed by atoms with Crippen LogP contribution in [0.4, 0.5) is 11.4 Å². The van der Waals surface area contributed by atoms with Crippen molar-refractivity contribution in [2.75, 3.05) is 43.7 Å². The van der Waals surface area contributed by atoms with Gasteiger partial charge in [0.2, 0.25) is 5.82 Å². The lowest BCUT2D eigenvalue weighted by Gasteiger charge is -2.29. The fraction of sp³-hybridized carbons (Fsp3) is 0.343. The number of sulfonamides is 1. The maximum absolute atomic E-state index is 12.7. The van der Waals surface area contributed by atoms with E-state index in [4.69, 9.17) is 14.4 Å². The molecule has 2 heterocycles. The molecule has 13 nitrogen and oxygen atoms in total. The quantitative estimate of drug-likeness (QED) is 0.124. The Hall–Kier alpha value is -4.76. The van der Waals surface area contributed by atoms with Crippen LogP contribution in [0.25, 0.3) is 22.8 Å². The second kappa shape index (κ2) is 15.6. The Morgan fingerprint density at radius 3 is 2.47 bits per heavy atom. The van der Waals surface area contributed by atoms with Gasteiger partial charge in [0.25, 0.3) is 15.9 Å². The highest BCUT2D eigenvalue weighted by atomic mass is 32.2. The molecule has 0 bridgehead atoms. The van der Waals surface area contributed by atoms with Gasteiger partial charge in [0.1, 0.15) is 18.6 Å². The first kappa shape index (κ1) is 35.5. The van der Waals surface area contributed by atoms with Gasteiger partial charge in [-0.2, -0.15) is 9.71 Å². The lowest BCUT2D eigenvalue weighted by atomic mass is 10.1. The molecule has 5 rings (SSSR count). The van der Waals surface area contributed by atoms with Crippen LogP contribution in [0, 0.1) is 5.92 Å². The van der Waals surface area contributed by atoms with E-state index < -0.39 is 16.3 Å². The SMILES string of the molecule is CC(C)CCN(C)c1ccc(-c2noc(-c3cccc([C@H](O)NS(=O)(=O)c4cn(C)cn4)c3)n2)cc1N(C)Cc1ccc(OCCO)cc1. The minimum Gasteiger partial charge on any atom is -0.491 e. The number of nitrogens with zero attached hydrogens (tertiary/aromatic N) is 6. The number of aliphatic hydroxyl groups is 2. The average Bonchev–Trinajstić information content (AvgIpc) is 3.77. The number of imidazole rings is 1. The summed E-state index contributed by atoms with van der Waals surface area (Å²) in [5.41, 5.74) is 4.70. The Labute approximate surface area is 286 Å².